The second-order valence-electron chi connectivity index (χ2n) is 4.37. The minimum absolute atomic E-state index is 0.196. The van der Waals surface area contributed by atoms with E-state index in [4.69, 9.17) is 10.5 Å². The summed E-state index contributed by atoms with van der Waals surface area (Å²) in [6.45, 7) is 0. The van der Waals surface area contributed by atoms with E-state index in [0.29, 0.717) is 11.2 Å². The number of halogens is 1. The number of aliphatic hydroxyl groups excluding tert-OH is 2. The molecule has 8 nitrogen and oxygen atoms in total. The summed E-state index contributed by atoms with van der Waals surface area (Å²) in [4.78, 5) is 11.9. The van der Waals surface area contributed by atoms with Crippen LogP contribution in [0.2, 0.25) is 0 Å². The minimum Gasteiger partial charge on any atom is -0.387 e. The molecule has 0 aliphatic carbocycles. The van der Waals surface area contributed by atoms with E-state index in [2.05, 4.69) is 15.0 Å². The number of aliphatic hydroxyl groups is 2. The zero-order chi connectivity index (χ0) is 14.3. The van der Waals surface area contributed by atoms with Gasteiger partial charge in [0.05, 0.1) is 12.7 Å². The van der Waals surface area contributed by atoms with Gasteiger partial charge in [0.25, 0.3) is 0 Å². The zero-order valence-corrected chi connectivity index (χ0v) is 10.2. The monoisotopic (exact) mass is 281 g/mol. The van der Waals surface area contributed by atoms with Crippen molar-refractivity contribution >= 4 is 17.0 Å². The van der Waals surface area contributed by atoms with Gasteiger partial charge in [-0.1, -0.05) is 0 Å². The molecule has 106 valence electrons. The highest BCUT2D eigenvalue weighted by Gasteiger charge is 2.43. The number of fused-ring (bicyclic) bond motifs is 1. The molecule has 4 unspecified atom stereocenters. The first-order valence-electron chi connectivity index (χ1n) is 5.85. The lowest BCUT2D eigenvalue weighted by atomic mass is 10.1. The van der Waals surface area contributed by atoms with Gasteiger partial charge >= 0.3 is 0 Å². The van der Waals surface area contributed by atoms with Gasteiger partial charge < -0.3 is 20.7 Å². The van der Waals surface area contributed by atoms with E-state index >= 15 is 0 Å². The number of nitrogen functional groups attached to an aromatic ring is 1. The van der Waals surface area contributed by atoms with E-state index in [0.717, 1.165) is 6.08 Å². The number of nitrogens with two attached hydrogens (primary N) is 1. The Hall–Kier alpha value is -2.10. The fourth-order valence-corrected chi connectivity index (χ4v) is 2.20. The molecule has 1 fully saturated rings. The van der Waals surface area contributed by atoms with Crippen molar-refractivity contribution in [2.24, 2.45) is 0 Å². The number of ether oxygens (including phenoxy) is 1. The lowest BCUT2D eigenvalue weighted by molar-refractivity contribution is -0.0246. The maximum absolute atomic E-state index is 12.2. The van der Waals surface area contributed by atoms with Crippen LogP contribution in [0.1, 0.15) is 6.23 Å². The Morgan fingerprint density at radius 1 is 1.30 bits per heavy atom. The van der Waals surface area contributed by atoms with Crippen LogP contribution in [0.4, 0.5) is 10.2 Å². The Labute approximate surface area is 112 Å². The van der Waals surface area contributed by atoms with E-state index < -0.39 is 24.5 Å². The third-order valence-electron chi connectivity index (χ3n) is 3.20. The second-order valence-corrected chi connectivity index (χ2v) is 4.37. The average molecular weight is 281 g/mol. The number of rotatable bonds is 2. The molecule has 1 saturated heterocycles. The van der Waals surface area contributed by atoms with Crippen LogP contribution >= 0.6 is 0 Å². The van der Waals surface area contributed by atoms with Crippen LogP contribution in [0.3, 0.4) is 0 Å². The summed E-state index contributed by atoms with van der Waals surface area (Å²) in [5.74, 6) is 0.196. The highest BCUT2D eigenvalue weighted by Crippen LogP contribution is 2.32. The number of nitrogens with zero attached hydrogens (tertiary/aromatic N) is 4. The van der Waals surface area contributed by atoms with Crippen molar-refractivity contribution in [3.63, 3.8) is 0 Å². The molecule has 1 aliphatic heterocycles. The summed E-state index contributed by atoms with van der Waals surface area (Å²) < 4.78 is 19.0. The van der Waals surface area contributed by atoms with Crippen molar-refractivity contribution in [2.45, 2.75) is 24.5 Å². The maximum atomic E-state index is 12.2. The summed E-state index contributed by atoms with van der Waals surface area (Å²) in [5, 5.41) is 19.8. The van der Waals surface area contributed by atoms with Crippen LogP contribution in [-0.4, -0.2) is 48.0 Å². The topological polar surface area (TPSA) is 119 Å². The Kier molecular flexibility index (Phi) is 3.08. The standard InChI is InChI=1S/C11H12FN5O3/c12-2-1-5-7(18)8(19)11(20-5)17-4-16-6-9(13)14-3-15-10(6)17/h1-5,7-8,11,18-19H,(H2,13,14,15)/b2-1+. The molecular weight excluding hydrogens is 269 g/mol. The SMILES string of the molecule is Nc1ncnc2c1ncn2C1OC(/C=C/F)C(O)C1O. The van der Waals surface area contributed by atoms with Crippen LogP contribution in [0.15, 0.2) is 25.1 Å². The van der Waals surface area contributed by atoms with Gasteiger partial charge in [0, 0.05) is 0 Å². The Bertz CT molecular complexity index is 661. The van der Waals surface area contributed by atoms with Gasteiger partial charge in [-0.05, 0) is 6.08 Å². The molecule has 0 amide bonds. The molecule has 0 radical (unpaired) electrons. The molecular formula is C11H12FN5O3. The van der Waals surface area contributed by atoms with Crippen molar-refractivity contribution in [1.82, 2.24) is 19.5 Å². The Balaban J connectivity index is 2.02. The van der Waals surface area contributed by atoms with Crippen molar-refractivity contribution in [3.8, 4) is 0 Å². The first-order valence-corrected chi connectivity index (χ1v) is 5.85. The zero-order valence-electron chi connectivity index (χ0n) is 10.2. The van der Waals surface area contributed by atoms with Crippen molar-refractivity contribution in [1.29, 1.82) is 0 Å². The molecule has 4 atom stereocenters. The van der Waals surface area contributed by atoms with Gasteiger partial charge in [-0.25, -0.2) is 19.3 Å². The Morgan fingerprint density at radius 2 is 2.10 bits per heavy atom. The van der Waals surface area contributed by atoms with Crippen LogP contribution in [-0.2, 0) is 4.74 Å². The Morgan fingerprint density at radius 3 is 2.85 bits per heavy atom. The summed E-state index contributed by atoms with van der Waals surface area (Å²) >= 11 is 0. The molecule has 20 heavy (non-hydrogen) atoms. The van der Waals surface area contributed by atoms with Crippen molar-refractivity contribution in [3.05, 3.63) is 25.1 Å². The number of anilines is 1. The smallest absolute Gasteiger partial charge is 0.167 e. The molecule has 0 aromatic carbocycles. The van der Waals surface area contributed by atoms with Gasteiger partial charge in [0.2, 0.25) is 0 Å². The number of hydrogen-bond donors (Lipinski definition) is 3. The van der Waals surface area contributed by atoms with Crippen molar-refractivity contribution in [2.75, 3.05) is 5.73 Å². The summed E-state index contributed by atoms with van der Waals surface area (Å²) in [7, 11) is 0. The predicted octanol–water partition coefficient (Wildman–Crippen LogP) is -0.489. The minimum atomic E-state index is -1.25. The molecule has 1 aliphatic rings. The third kappa shape index (κ3) is 1.83. The molecule has 3 rings (SSSR count). The van der Waals surface area contributed by atoms with Gasteiger partial charge in [-0.15, -0.1) is 0 Å². The quantitative estimate of drug-likeness (QED) is 0.679. The lowest BCUT2D eigenvalue weighted by Crippen LogP contribution is -2.30. The summed E-state index contributed by atoms with van der Waals surface area (Å²) in [6.07, 6.45) is -0.466. The van der Waals surface area contributed by atoms with E-state index in [1.807, 2.05) is 0 Å². The lowest BCUT2D eigenvalue weighted by Gasteiger charge is -2.16. The summed E-state index contributed by atoms with van der Waals surface area (Å²) in [5.41, 5.74) is 6.39. The molecule has 2 aromatic heterocycles. The van der Waals surface area contributed by atoms with Gasteiger partial charge in [0.1, 0.15) is 30.2 Å². The van der Waals surface area contributed by atoms with Crippen molar-refractivity contribution < 1.29 is 19.3 Å². The van der Waals surface area contributed by atoms with Gasteiger partial charge in [-0.2, -0.15) is 0 Å². The van der Waals surface area contributed by atoms with Crippen LogP contribution in [0.25, 0.3) is 11.2 Å². The van der Waals surface area contributed by atoms with E-state index in [-0.39, 0.29) is 12.1 Å². The molecule has 0 saturated carbocycles. The number of aromatic nitrogens is 4. The highest BCUT2D eigenvalue weighted by molar-refractivity contribution is 5.81. The van der Waals surface area contributed by atoms with E-state index in [9.17, 15) is 14.6 Å². The van der Waals surface area contributed by atoms with Gasteiger partial charge in [0.15, 0.2) is 17.7 Å². The molecule has 9 heteroatoms. The molecule has 2 aromatic rings. The van der Waals surface area contributed by atoms with E-state index in [1.165, 1.54) is 17.2 Å². The largest absolute Gasteiger partial charge is 0.387 e. The molecule has 4 N–H and O–H groups in total. The van der Waals surface area contributed by atoms with Crippen LogP contribution in [0, 0.1) is 0 Å². The fraction of sp³-hybridized carbons (Fsp3) is 0.364. The van der Waals surface area contributed by atoms with Gasteiger partial charge in [-0.3, -0.25) is 4.57 Å². The first kappa shape index (κ1) is 12.9. The average Bonchev–Trinajstić information content (AvgIpc) is 2.97. The third-order valence-corrected chi connectivity index (χ3v) is 3.20. The predicted molar refractivity (Wildman–Crippen MR) is 65.9 cm³/mol. The normalized spacial score (nSPS) is 30.6. The molecule has 0 bridgehead atoms. The second kappa shape index (κ2) is 4.78. The number of hydrogen-bond acceptors (Lipinski definition) is 7. The molecule has 0 spiro atoms. The number of imidazole rings is 1. The van der Waals surface area contributed by atoms with Crippen LogP contribution in [0.5, 0.6) is 0 Å². The highest BCUT2D eigenvalue weighted by atomic mass is 19.1. The first-order chi connectivity index (χ1) is 9.63. The maximum Gasteiger partial charge on any atom is 0.167 e. The van der Waals surface area contributed by atoms with E-state index in [1.54, 1.807) is 0 Å². The molecule has 3 heterocycles. The fourth-order valence-electron chi connectivity index (χ4n) is 2.20. The van der Waals surface area contributed by atoms with Crippen LogP contribution < -0.4 is 5.73 Å². The summed E-state index contributed by atoms with van der Waals surface area (Å²) in [6, 6.07) is 0.